The Labute approximate surface area is 209 Å². The lowest BCUT2D eigenvalue weighted by atomic mass is 9.86. The molecule has 0 radical (unpaired) electrons. The van der Waals surface area contributed by atoms with Gasteiger partial charge < -0.3 is 15.0 Å². The van der Waals surface area contributed by atoms with Crippen molar-refractivity contribution in [2.45, 2.75) is 51.5 Å². The Morgan fingerprint density at radius 3 is 2.66 bits per heavy atom. The van der Waals surface area contributed by atoms with E-state index in [1.807, 2.05) is 42.6 Å². The van der Waals surface area contributed by atoms with Crippen molar-refractivity contribution in [3.05, 3.63) is 83.7 Å². The van der Waals surface area contributed by atoms with Crippen LogP contribution in [0.5, 0.6) is 5.75 Å². The molecule has 2 aromatic carbocycles. The molecule has 35 heavy (non-hydrogen) atoms. The third kappa shape index (κ3) is 6.49. The second-order valence-corrected chi connectivity index (χ2v) is 9.31. The number of unbranched alkanes of at least 4 members (excludes halogenated alkanes) is 1. The van der Waals surface area contributed by atoms with Crippen LogP contribution < -0.4 is 10.1 Å². The number of methoxy groups -OCH3 is 1. The zero-order valence-corrected chi connectivity index (χ0v) is 21.0. The molecular weight excluding hydrogens is 434 g/mol. The van der Waals surface area contributed by atoms with Crippen molar-refractivity contribution in [2.75, 3.05) is 26.7 Å². The minimum Gasteiger partial charge on any atom is -0.496 e. The highest BCUT2D eigenvalue weighted by Crippen LogP contribution is 2.31. The molecule has 184 valence electrons. The second-order valence-electron chi connectivity index (χ2n) is 9.31. The third-order valence-electron chi connectivity index (χ3n) is 6.96. The number of nitrogens with one attached hydrogen (secondary N) is 1. The minimum atomic E-state index is -0.00835. The number of carbonyl (C=O) groups excluding carboxylic acids is 1. The fraction of sp³-hybridized carbons (Fsp3) is 0.400. The lowest BCUT2D eigenvalue weighted by Gasteiger charge is -2.35. The highest BCUT2D eigenvalue weighted by Gasteiger charge is 2.25. The molecule has 3 aromatic rings. The molecule has 0 bridgehead atoms. The molecule has 1 unspecified atom stereocenters. The Hall–Kier alpha value is -3.18. The minimum absolute atomic E-state index is 0.00835. The Kier molecular flexibility index (Phi) is 8.90. The lowest BCUT2D eigenvalue weighted by molar-refractivity contribution is 0.0952. The third-order valence-corrected chi connectivity index (χ3v) is 6.96. The van der Waals surface area contributed by atoms with Gasteiger partial charge in [0, 0.05) is 30.5 Å². The van der Waals surface area contributed by atoms with Crippen molar-refractivity contribution < 1.29 is 9.53 Å². The molecule has 1 amide bonds. The zero-order chi connectivity index (χ0) is 24.5. The van der Waals surface area contributed by atoms with Crippen LogP contribution in [0.2, 0.25) is 0 Å². The number of benzene rings is 2. The summed E-state index contributed by atoms with van der Waals surface area (Å²) in [4.78, 5) is 19.4. The van der Waals surface area contributed by atoms with E-state index in [2.05, 4.69) is 40.3 Å². The number of rotatable bonds is 11. The summed E-state index contributed by atoms with van der Waals surface area (Å²) in [6.45, 7) is 5.16. The van der Waals surface area contributed by atoms with Gasteiger partial charge in [-0.3, -0.25) is 9.78 Å². The first kappa shape index (κ1) is 24.9. The van der Waals surface area contributed by atoms with Crippen molar-refractivity contribution in [2.24, 2.45) is 0 Å². The lowest BCUT2D eigenvalue weighted by Crippen LogP contribution is -2.40. The van der Waals surface area contributed by atoms with Crippen LogP contribution in [-0.2, 0) is 12.8 Å². The monoisotopic (exact) mass is 471 g/mol. The number of amides is 1. The Morgan fingerprint density at radius 2 is 1.91 bits per heavy atom. The van der Waals surface area contributed by atoms with E-state index in [9.17, 15) is 4.79 Å². The van der Waals surface area contributed by atoms with Gasteiger partial charge in [-0.05, 0) is 98.1 Å². The predicted molar refractivity (Wildman–Crippen MR) is 142 cm³/mol. The summed E-state index contributed by atoms with van der Waals surface area (Å²) in [7, 11) is 1.77. The van der Waals surface area contributed by atoms with E-state index >= 15 is 0 Å². The van der Waals surface area contributed by atoms with Gasteiger partial charge in [-0.1, -0.05) is 37.3 Å². The van der Waals surface area contributed by atoms with Gasteiger partial charge in [0.05, 0.1) is 7.11 Å². The fourth-order valence-electron chi connectivity index (χ4n) is 5.11. The number of hydrogen-bond acceptors (Lipinski definition) is 4. The first-order chi connectivity index (χ1) is 17.2. The van der Waals surface area contributed by atoms with E-state index in [4.69, 9.17) is 4.74 Å². The first-order valence-electron chi connectivity index (χ1n) is 12.9. The number of aromatic nitrogens is 1. The zero-order valence-electron chi connectivity index (χ0n) is 21.0. The van der Waals surface area contributed by atoms with E-state index in [-0.39, 0.29) is 5.91 Å². The highest BCUT2D eigenvalue weighted by molar-refractivity contribution is 5.94. The van der Waals surface area contributed by atoms with Gasteiger partial charge in [0.15, 0.2) is 0 Å². The number of fused-ring (bicyclic) bond motifs is 1. The van der Waals surface area contributed by atoms with Gasteiger partial charge in [-0.15, -0.1) is 0 Å². The molecule has 4 rings (SSSR count). The maximum atomic E-state index is 12.6. The van der Waals surface area contributed by atoms with Crippen LogP contribution in [0.1, 0.15) is 54.1 Å². The summed E-state index contributed by atoms with van der Waals surface area (Å²) in [5.74, 6) is 1.02. The van der Waals surface area contributed by atoms with Crippen LogP contribution in [0.25, 0.3) is 11.1 Å². The predicted octanol–water partition coefficient (Wildman–Crippen LogP) is 5.54. The van der Waals surface area contributed by atoms with Gasteiger partial charge >= 0.3 is 0 Å². The molecule has 1 atom stereocenters. The maximum absolute atomic E-state index is 12.6. The average molecular weight is 472 g/mol. The largest absolute Gasteiger partial charge is 0.496 e. The van der Waals surface area contributed by atoms with Gasteiger partial charge in [-0.2, -0.15) is 0 Å². The molecule has 1 aromatic heterocycles. The Morgan fingerprint density at radius 1 is 1.06 bits per heavy atom. The smallest absolute Gasteiger partial charge is 0.251 e. The maximum Gasteiger partial charge on any atom is 0.251 e. The van der Waals surface area contributed by atoms with Crippen molar-refractivity contribution in [1.29, 1.82) is 0 Å². The van der Waals surface area contributed by atoms with Crippen molar-refractivity contribution >= 4 is 5.91 Å². The second kappa shape index (κ2) is 12.5. The molecule has 0 spiro atoms. The molecule has 0 fully saturated rings. The van der Waals surface area contributed by atoms with Gasteiger partial charge in [0.1, 0.15) is 5.75 Å². The van der Waals surface area contributed by atoms with E-state index < -0.39 is 0 Å². The van der Waals surface area contributed by atoms with Crippen molar-refractivity contribution in [1.82, 2.24) is 15.2 Å². The number of carbonyl (C=O) groups is 1. The first-order valence-corrected chi connectivity index (χ1v) is 12.9. The summed E-state index contributed by atoms with van der Waals surface area (Å²) >= 11 is 0. The van der Waals surface area contributed by atoms with Crippen molar-refractivity contribution in [3.63, 3.8) is 0 Å². The summed E-state index contributed by atoms with van der Waals surface area (Å²) in [5, 5.41) is 3.09. The van der Waals surface area contributed by atoms with Crippen LogP contribution in [0.15, 0.2) is 67.0 Å². The molecule has 1 aliphatic rings. The summed E-state index contributed by atoms with van der Waals surface area (Å²) in [6, 6.07) is 18.7. The normalized spacial score (nSPS) is 15.0. The standard InChI is InChI=1S/C30H37N3O2/c1-3-19-33(27-15-16-28-25(21-27)8-6-10-29(28)35-2)20-5-4-18-32-30(34)24-13-11-23(12-14-24)26-9-7-17-31-22-26/h6-14,17,22,27H,3-5,15-16,18-21H2,1-2H3,(H,32,34). The molecule has 0 saturated heterocycles. The van der Waals surface area contributed by atoms with E-state index in [0.717, 1.165) is 62.1 Å². The Bertz CT molecular complexity index is 1080. The average Bonchev–Trinajstić information content (AvgIpc) is 2.92. The van der Waals surface area contributed by atoms with Crippen LogP contribution in [0.4, 0.5) is 0 Å². The van der Waals surface area contributed by atoms with Crippen molar-refractivity contribution in [3.8, 4) is 16.9 Å². The summed E-state index contributed by atoms with van der Waals surface area (Å²) in [5.41, 5.74) is 5.63. The molecule has 0 saturated carbocycles. The van der Waals surface area contributed by atoms with Crippen LogP contribution in [-0.4, -0.2) is 48.6 Å². The quantitative estimate of drug-likeness (QED) is 0.373. The summed E-state index contributed by atoms with van der Waals surface area (Å²) < 4.78 is 5.57. The molecule has 1 aliphatic carbocycles. The van der Waals surface area contributed by atoms with E-state index in [1.54, 1.807) is 13.3 Å². The summed E-state index contributed by atoms with van der Waals surface area (Å²) in [6.07, 6.45) is 10.2. The molecule has 1 heterocycles. The molecular formula is C30H37N3O2. The van der Waals surface area contributed by atoms with E-state index in [1.165, 1.54) is 17.5 Å². The number of pyridine rings is 1. The van der Waals surface area contributed by atoms with Crippen LogP contribution >= 0.6 is 0 Å². The molecule has 5 heteroatoms. The number of nitrogens with zero attached hydrogens (tertiary/aromatic N) is 2. The SMILES string of the molecule is CCCN(CCCCNC(=O)c1ccc(-c2cccnc2)cc1)C1CCc2c(cccc2OC)C1. The van der Waals surface area contributed by atoms with Gasteiger partial charge in [0.2, 0.25) is 0 Å². The van der Waals surface area contributed by atoms with Crippen LogP contribution in [0, 0.1) is 0 Å². The van der Waals surface area contributed by atoms with Gasteiger partial charge in [0.25, 0.3) is 5.91 Å². The highest BCUT2D eigenvalue weighted by atomic mass is 16.5. The molecule has 5 nitrogen and oxygen atoms in total. The Balaban J connectivity index is 1.22. The fourth-order valence-corrected chi connectivity index (χ4v) is 5.11. The topological polar surface area (TPSA) is 54.5 Å². The molecule has 0 aliphatic heterocycles. The van der Waals surface area contributed by atoms with Crippen LogP contribution in [0.3, 0.4) is 0 Å². The van der Waals surface area contributed by atoms with Gasteiger partial charge in [-0.25, -0.2) is 0 Å². The molecule has 1 N–H and O–H groups in total. The number of ether oxygens (including phenoxy) is 1. The van der Waals surface area contributed by atoms with E-state index in [0.29, 0.717) is 18.2 Å². The number of hydrogen-bond donors (Lipinski definition) is 1.